The topological polar surface area (TPSA) is 199 Å². The molecule has 2 aliphatic carbocycles. The Hall–Kier alpha value is -5.37. The molecule has 0 unspecified atom stereocenters. The van der Waals surface area contributed by atoms with E-state index < -0.39 is 23.5 Å². The number of hydrogen-bond donors (Lipinski definition) is 4. The fourth-order valence-corrected chi connectivity index (χ4v) is 8.67. The molecule has 4 aromatic carbocycles. The first-order chi connectivity index (χ1) is 34.6. The summed E-state index contributed by atoms with van der Waals surface area (Å²) in [6.45, 7) is 16.6. The van der Waals surface area contributed by atoms with E-state index in [1.54, 1.807) is 6.92 Å². The van der Waals surface area contributed by atoms with Crippen molar-refractivity contribution >= 4 is 17.9 Å². The molecule has 72 heavy (non-hydrogen) atoms. The maximum atomic E-state index is 9.82. The van der Waals surface area contributed by atoms with Gasteiger partial charge in [0.25, 0.3) is 0 Å². The average molecular weight is 999 g/mol. The smallest absolute Gasteiger partial charge is 0.328 e. The molecule has 4 aromatic rings. The van der Waals surface area contributed by atoms with Crippen LogP contribution in [-0.4, -0.2) is 121 Å². The SMILES string of the molecule is CC1(C)O[C@@H]2[C@H](O1)[C@@H](OCCOCc1ccccc1)C[C@H]2NCc1ccccc1.CC1(C)O[C@@H]2[C@H](O1)[C@@H](OCCOCc1ccccc1)C[C@H]2NCc1ccccc1.CCOC(C)=O.O=C(O)/C=C/C(=O)O. The molecule has 392 valence electrons. The van der Waals surface area contributed by atoms with Crippen molar-refractivity contribution in [3.8, 4) is 0 Å². The van der Waals surface area contributed by atoms with Crippen LogP contribution < -0.4 is 10.6 Å². The fourth-order valence-electron chi connectivity index (χ4n) is 8.67. The summed E-state index contributed by atoms with van der Waals surface area (Å²) in [5.41, 5.74) is 4.88. The van der Waals surface area contributed by atoms with E-state index in [-0.39, 0.29) is 54.7 Å². The van der Waals surface area contributed by atoms with Crippen LogP contribution in [0.2, 0.25) is 0 Å². The normalized spacial score (nSPS) is 24.1. The van der Waals surface area contributed by atoms with Crippen LogP contribution in [0, 0.1) is 0 Å². The van der Waals surface area contributed by atoms with Gasteiger partial charge in [-0.05, 0) is 69.7 Å². The van der Waals surface area contributed by atoms with Crippen LogP contribution in [0.5, 0.6) is 0 Å². The highest BCUT2D eigenvalue weighted by molar-refractivity contribution is 5.89. The van der Waals surface area contributed by atoms with Gasteiger partial charge in [-0.15, -0.1) is 0 Å². The van der Waals surface area contributed by atoms with Gasteiger partial charge >= 0.3 is 17.9 Å². The average Bonchev–Trinajstić information content (AvgIpc) is 4.06. The minimum Gasteiger partial charge on any atom is -0.478 e. The first-order valence-corrected chi connectivity index (χ1v) is 24.6. The maximum absolute atomic E-state index is 9.82. The van der Waals surface area contributed by atoms with Crippen molar-refractivity contribution < 1.29 is 67.2 Å². The van der Waals surface area contributed by atoms with Gasteiger partial charge in [0.15, 0.2) is 11.6 Å². The Morgan fingerprint density at radius 3 is 1.18 bits per heavy atom. The number of aliphatic carboxylic acids is 2. The van der Waals surface area contributed by atoms with Crippen LogP contribution in [0.3, 0.4) is 0 Å². The van der Waals surface area contributed by atoms with Crippen LogP contribution in [0.1, 0.15) is 76.6 Å². The van der Waals surface area contributed by atoms with E-state index in [1.807, 2.05) is 76.2 Å². The van der Waals surface area contributed by atoms with E-state index in [2.05, 4.69) is 88.2 Å². The van der Waals surface area contributed by atoms with E-state index in [0.29, 0.717) is 58.4 Å². The molecule has 2 heterocycles. The molecule has 16 nitrogen and oxygen atoms in total. The number of carbonyl (C=O) groups is 3. The maximum Gasteiger partial charge on any atom is 0.328 e. The summed E-state index contributed by atoms with van der Waals surface area (Å²) < 4.78 is 52.9. The van der Waals surface area contributed by atoms with Crippen LogP contribution in [-0.2, 0) is 83.3 Å². The number of esters is 1. The Labute approximate surface area is 424 Å². The second-order valence-corrected chi connectivity index (χ2v) is 18.4. The molecule has 2 aliphatic heterocycles. The predicted octanol–water partition coefficient (Wildman–Crippen LogP) is 7.62. The van der Waals surface area contributed by atoms with Crippen molar-refractivity contribution in [2.24, 2.45) is 0 Å². The lowest BCUT2D eigenvalue weighted by atomic mass is 10.1. The second kappa shape index (κ2) is 30.0. The third-order valence-electron chi connectivity index (χ3n) is 11.7. The monoisotopic (exact) mass is 999 g/mol. The zero-order chi connectivity index (χ0) is 51.8. The molecule has 2 saturated heterocycles. The van der Waals surface area contributed by atoms with Gasteiger partial charge in [-0.3, -0.25) is 4.79 Å². The highest BCUT2D eigenvalue weighted by Crippen LogP contribution is 2.41. The van der Waals surface area contributed by atoms with E-state index >= 15 is 0 Å². The molecule has 16 heteroatoms. The second-order valence-electron chi connectivity index (χ2n) is 18.4. The lowest BCUT2D eigenvalue weighted by Crippen LogP contribution is -2.39. The molecule has 4 fully saturated rings. The third-order valence-corrected chi connectivity index (χ3v) is 11.7. The Morgan fingerprint density at radius 2 is 0.875 bits per heavy atom. The standard InChI is InChI=1S/2C24H31NO4.C4H4O4.C4H8O2/c2*1-24(2)28-22-20(25-16-18-9-5-3-6-10-18)15-21(23(22)29-24)27-14-13-26-17-19-11-7-4-8-12-19;5-3(6)1-2-4(7)8;1-3-6-4(2)5/h2*3-12,20-23,25H,13-17H2,1-2H3;1-2H,(H,5,6)(H,7,8);3H2,1-2H3/b;;2-1+;/t2*20-,21+,22+,23-;;/m11../s1. The molecule has 8 atom stereocenters. The van der Waals surface area contributed by atoms with Crippen molar-refractivity contribution in [3.63, 3.8) is 0 Å². The minimum atomic E-state index is -1.26. The van der Waals surface area contributed by atoms with Crippen molar-refractivity contribution in [1.29, 1.82) is 0 Å². The summed E-state index contributed by atoms with van der Waals surface area (Å²) in [5.74, 6) is -3.88. The first kappa shape index (κ1) is 57.5. The van der Waals surface area contributed by atoms with Crippen LogP contribution >= 0.6 is 0 Å². The van der Waals surface area contributed by atoms with Gasteiger partial charge < -0.3 is 63.5 Å². The molecule has 0 spiro atoms. The highest BCUT2D eigenvalue weighted by atomic mass is 16.8. The molecule has 2 saturated carbocycles. The molecular weight excluding hydrogens is 925 g/mol. The number of hydrogen-bond acceptors (Lipinski definition) is 14. The van der Waals surface area contributed by atoms with E-state index in [9.17, 15) is 14.4 Å². The summed E-state index contributed by atoms with van der Waals surface area (Å²) in [7, 11) is 0. The number of rotatable bonds is 21. The van der Waals surface area contributed by atoms with Crippen molar-refractivity contribution in [2.45, 2.75) is 141 Å². The number of benzene rings is 4. The first-order valence-electron chi connectivity index (χ1n) is 24.6. The van der Waals surface area contributed by atoms with E-state index in [4.69, 9.17) is 48.1 Å². The lowest BCUT2D eigenvalue weighted by Gasteiger charge is -2.24. The van der Waals surface area contributed by atoms with E-state index in [0.717, 1.165) is 25.9 Å². The molecule has 0 bridgehead atoms. The van der Waals surface area contributed by atoms with Gasteiger partial charge in [0, 0.05) is 44.2 Å². The van der Waals surface area contributed by atoms with Gasteiger partial charge in [-0.25, -0.2) is 9.59 Å². The molecule has 0 radical (unpaired) electrons. The summed E-state index contributed by atoms with van der Waals surface area (Å²) in [6, 6.07) is 41.7. The Kier molecular flexibility index (Phi) is 24.0. The highest BCUT2D eigenvalue weighted by Gasteiger charge is 2.55. The van der Waals surface area contributed by atoms with Crippen LogP contribution in [0.25, 0.3) is 0 Å². The quantitative estimate of drug-likeness (QED) is 0.0361. The summed E-state index contributed by atoms with van der Waals surface area (Å²) >= 11 is 0. The molecule has 4 aliphatic rings. The van der Waals surface area contributed by atoms with Crippen LogP contribution in [0.4, 0.5) is 0 Å². The molecule has 8 rings (SSSR count). The summed E-state index contributed by atoms with van der Waals surface area (Å²) in [5, 5.41) is 22.9. The van der Waals surface area contributed by atoms with Crippen molar-refractivity contribution in [3.05, 3.63) is 156 Å². The van der Waals surface area contributed by atoms with Crippen LogP contribution in [0.15, 0.2) is 133 Å². The Balaban J connectivity index is 0.000000212. The number of carbonyl (C=O) groups excluding carboxylic acids is 1. The fraction of sp³-hybridized carbons (Fsp3) is 0.482. The van der Waals surface area contributed by atoms with E-state index in [1.165, 1.54) is 29.2 Å². The summed E-state index contributed by atoms with van der Waals surface area (Å²) in [4.78, 5) is 28.9. The molecular formula is C56H74N2O14. The number of nitrogens with one attached hydrogen (secondary N) is 2. The van der Waals surface area contributed by atoms with Gasteiger partial charge in [0.05, 0.1) is 58.5 Å². The third kappa shape index (κ3) is 20.6. The lowest BCUT2D eigenvalue weighted by molar-refractivity contribution is -0.170. The summed E-state index contributed by atoms with van der Waals surface area (Å²) in [6.07, 6.45) is 2.79. The number of carboxylic acids is 2. The number of carboxylic acid groups (broad SMARTS) is 2. The van der Waals surface area contributed by atoms with Crippen molar-refractivity contribution in [1.82, 2.24) is 10.6 Å². The van der Waals surface area contributed by atoms with Crippen molar-refractivity contribution in [2.75, 3.05) is 33.0 Å². The van der Waals surface area contributed by atoms with Gasteiger partial charge in [-0.1, -0.05) is 121 Å². The Bertz CT molecular complexity index is 2050. The molecule has 0 amide bonds. The van der Waals surface area contributed by atoms with Gasteiger partial charge in [0.1, 0.15) is 24.4 Å². The Morgan fingerprint density at radius 1 is 0.542 bits per heavy atom. The zero-order valence-corrected chi connectivity index (χ0v) is 42.4. The largest absolute Gasteiger partial charge is 0.478 e. The zero-order valence-electron chi connectivity index (χ0n) is 42.4. The minimum absolute atomic E-state index is 0.00366. The number of fused-ring (bicyclic) bond motifs is 2. The molecule has 4 N–H and O–H groups in total. The van der Waals surface area contributed by atoms with Gasteiger partial charge in [0.2, 0.25) is 0 Å². The predicted molar refractivity (Wildman–Crippen MR) is 269 cm³/mol. The number of ether oxygens (including phenoxy) is 9. The van der Waals surface area contributed by atoms with Gasteiger partial charge in [-0.2, -0.15) is 0 Å². The molecule has 0 aromatic heterocycles.